The molecule has 8 heteroatoms. The maximum absolute atomic E-state index is 13.1. The molecule has 3 heterocycles. The maximum Gasteiger partial charge on any atom is 0.325 e. The van der Waals surface area contributed by atoms with E-state index in [1.54, 1.807) is 31.2 Å². The summed E-state index contributed by atoms with van der Waals surface area (Å²) in [5.74, 6) is 0.353. The summed E-state index contributed by atoms with van der Waals surface area (Å²) in [6.45, 7) is 5.16. The fourth-order valence-electron chi connectivity index (χ4n) is 3.61. The molecule has 0 saturated carbocycles. The summed E-state index contributed by atoms with van der Waals surface area (Å²) in [6.07, 6.45) is 0. The predicted molar refractivity (Wildman–Crippen MR) is 99.4 cm³/mol. The molecule has 1 saturated heterocycles. The zero-order chi connectivity index (χ0) is 20.2. The van der Waals surface area contributed by atoms with Gasteiger partial charge in [-0.05, 0) is 44.5 Å². The fraction of sp³-hybridized carbons (Fsp3) is 0.350. The number of amides is 3. The van der Waals surface area contributed by atoms with Gasteiger partial charge in [0, 0.05) is 24.0 Å². The molecule has 1 atom stereocenters. The van der Waals surface area contributed by atoms with E-state index >= 15 is 0 Å². The Labute approximate surface area is 162 Å². The smallest absolute Gasteiger partial charge is 0.325 e. The van der Waals surface area contributed by atoms with E-state index in [1.165, 1.54) is 0 Å². The second kappa shape index (κ2) is 6.12. The molecule has 0 bridgehead atoms. The topological polar surface area (TPSA) is 89.9 Å². The molecule has 0 radical (unpaired) electrons. The van der Waals surface area contributed by atoms with E-state index in [9.17, 15) is 14.4 Å². The highest BCUT2D eigenvalue weighted by Crippen LogP contribution is 2.37. The minimum Gasteiger partial charge on any atom is -0.454 e. The number of hydrogen-bond acceptors (Lipinski definition) is 5. The number of benzene rings is 1. The molecular formula is C20H21N3O5. The number of rotatable bonds is 4. The molecule has 0 unspecified atom stereocenters. The van der Waals surface area contributed by atoms with Gasteiger partial charge in [0.25, 0.3) is 5.91 Å². The van der Waals surface area contributed by atoms with Gasteiger partial charge in [-0.15, -0.1) is 0 Å². The summed E-state index contributed by atoms with van der Waals surface area (Å²) in [6, 6.07) is 6.27. The van der Waals surface area contributed by atoms with Crippen LogP contribution in [0.4, 0.5) is 4.79 Å². The average Bonchev–Trinajstić information content (AvgIpc) is 3.30. The van der Waals surface area contributed by atoms with Gasteiger partial charge in [0.2, 0.25) is 6.79 Å². The van der Waals surface area contributed by atoms with Gasteiger partial charge in [-0.3, -0.25) is 14.5 Å². The molecule has 0 spiro atoms. The van der Waals surface area contributed by atoms with Gasteiger partial charge in [-0.1, -0.05) is 6.07 Å². The zero-order valence-corrected chi connectivity index (χ0v) is 16.2. The highest BCUT2D eigenvalue weighted by molar-refractivity contribution is 6.11. The van der Waals surface area contributed by atoms with E-state index in [-0.39, 0.29) is 19.1 Å². The summed E-state index contributed by atoms with van der Waals surface area (Å²) in [7, 11) is 1.87. The molecule has 1 aromatic carbocycles. The number of fused-ring (bicyclic) bond motifs is 1. The molecule has 28 heavy (non-hydrogen) atoms. The van der Waals surface area contributed by atoms with Crippen molar-refractivity contribution < 1.29 is 23.9 Å². The number of ketones is 1. The molecule has 8 nitrogen and oxygen atoms in total. The van der Waals surface area contributed by atoms with Crippen LogP contribution in [0.15, 0.2) is 24.3 Å². The lowest BCUT2D eigenvalue weighted by atomic mass is 9.91. The Morgan fingerprint density at radius 2 is 1.89 bits per heavy atom. The number of carbonyl (C=O) groups excluding carboxylic acids is 3. The number of imide groups is 1. The van der Waals surface area contributed by atoms with E-state index in [0.29, 0.717) is 22.6 Å². The van der Waals surface area contributed by atoms with Crippen LogP contribution in [-0.4, -0.2) is 40.5 Å². The fourth-order valence-corrected chi connectivity index (χ4v) is 3.61. The molecule has 2 aliphatic rings. The van der Waals surface area contributed by atoms with Crippen LogP contribution in [0.5, 0.6) is 11.5 Å². The van der Waals surface area contributed by atoms with Crippen LogP contribution in [0.25, 0.3) is 0 Å². The average molecular weight is 383 g/mol. The van der Waals surface area contributed by atoms with Crippen LogP contribution in [0, 0.1) is 13.8 Å². The van der Waals surface area contributed by atoms with Gasteiger partial charge in [-0.2, -0.15) is 0 Å². The summed E-state index contributed by atoms with van der Waals surface area (Å²) >= 11 is 0. The lowest BCUT2D eigenvalue weighted by molar-refractivity contribution is -0.130. The lowest BCUT2D eigenvalue weighted by Gasteiger charge is -2.22. The van der Waals surface area contributed by atoms with Crippen molar-refractivity contribution in [3.05, 3.63) is 46.8 Å². The minimum absolute atomic E-state index is 0.117. The van der Waals surface area contributed by atoms with E-state index in [4.69, 9.17) is 9.47 Å². The van der Waals surface area contributed by atoms with Crippen molar-refractivity contribution in [1.29, 1.82) is 0 Å². The second-order valence-electron chi connectivity index (χ2n) is 7.28. The van der Waals surface area contributed by atoms with Crippen LogP contribution in [0.3, 0.4) is 0 Å². The van der Waals surface area contributed by atoms with E-state index in [2.05, 4.69) is 5.32 Å². The first-order valence-electron chi connectivity index (χ1n) is 8.92. The van der Waals surface area contributed by atoms with Crippen molar-refractivity contribution in [2.75, 3.05) is 13.3 Å². The summed E-state index contributed by atoms with van der Waals surface area (Å²) in [5, 5.41) is 2.71. The molecule has 1 fully saturated rings. The Bertz CT molecular complexity index is 1030. The summed E-state index contributed by atoms with van der Waals surface area (Å²) in [4.78, 5) is 39.3. The third kappa shape index (κ3) is 2.56. The number of nitrogens with one attached hydrogen (secondary N) is 1. The van der Waals surface area contributed by atoms with Crippen LogP contribution in [0.1, 0.15) is 34.2 Å². The first kappa shape index (κ1) is 18.1. The Balaban J connectivity index is 1.60. The van der Waals surface area contributed by atoms with Gasteiger partial charge < -0.3 is 19.4 Å². The molecular weight excluding hydrogens is 362 g/mol. The number of aryl methyl sites for hydroxylation is 1. The number of Topliss-reactive ketones (excluding diaryl/α,β-unsaturated/α-hetero) is 1. The van der Waals surface area contributed by atoms with Crippen molar-refractivity contribution in [2.45, 2.75) is 26.3 Å². The van der Waals surface area contributed by atoms with Crippen molar-refractivity contribution in [1.82, 2.24) is 14.8 Å². The quantitative estimate of drug-likeness (QED) is 0.644. The normalized spacial score (nSPS) is 20.6. The molecule has 0 aliphatic carbocycles. The predicted octanol–water partition coefficient (Wildman–Crippen LogP) is 2.02. The maximum atomic E-state index is 13.1. The molecule has 2 aromatic rings. The first-order valence-corrected chi connectivity index (χ1v) is 8.92. The van der Waals surface area contributed by atoms with Gasteiger partial charge in [0.05, 0.1) is 6.54 Å². The molecule has 2 aliphatic heterocycles. The van der Waals surface area contributed by atoms with Gasteiger partial charge in [0.15, 0.2) is 17.3 Å². The number of ether oxygens (including phenoxy) is 2. The summed E-state index contributed by atoms with van der Waals surface area (Å²) < 4.78 is 12.6. The molecule has 3 amide bonds. The number of hydrogen-bond donors (Lipinski definition) is 1. The van der Waals surface area contributed by atoms with Crippen molar-refractivity contribution in [3.8, 4) is 11.5 Å². The van der Waals surface area contributed by atoms with Crippen LogP contribution in [0.2, 0.25) is 0 Å². The Morgan fingerprint density at radius 3 is 2.57 bits per heavy atom. The van der Waals surface area contributed by atoms with Crippen LogP contribution >= 0.6 is 0 Å². The van der Waals surface area contributed by atoms with E-state index < -0.39 is 17.5 Å². The van der Waals surface area contributed by atoms with Crippen molar-refractivity contribution >= 4 is 17.7 Å². The summed E-state index contributed by atoms with van der Waals surface area (Å²) in [5.41, 5.74) is 1.53. The number of nitrogens with zero attached hydrogens (tertiary/aromatic N) is 2. The standard InChI is InChI=1S/C20H21N3O5/c1-11-7-14(12(2)22(11)4)15(24)9-23-18(25)20(3,21-19(23)26)13-5-6-16-17(8-13)28-10-27-16/h5-8H,9-10H2,1-4H3,(H,21,26)/t20-/m0/s1. The highest BCUT2D eigenvalue weighted by Gasteiger charge is 2.50. The van der Waals surface area contributed by atoms with Crippen LogP contribution in [-0.2, 0) is 17.4 Å². The Kier molecular flexibility index (Phi) is 3.95. The van der Waals surface area contributed by atoms with Crippen molar-refractivity contribution in [3.63, 3.8) is 0 Å². The van der Waals surface area contributed by atoms with Crippen molar-refractivity contribution in [2.24, 2.45) is 7.05 Å². The Hall–Kier alpha value is -3.29. The zero-order valence-electron chi connectivity index (χ0n) is 16.2. The lowest BCUT2D eigenvalue weighted by Crippen LogP contribution is -2.41. The highest BCUT2D eigenvalue weighted by atomic mass is 16.7. The number of aromatic nitrogens is 1. The molecule has 4 rings (SSSR count). The third-order valence-corrected chi connectivity index (χ3v) is 5.60. The van der Waals surface area contributed by atoms with E-state index in [0.717, 1.165) is 16.3 Å². The minimum atomic E-state index is -1.28. The van der Waals surface area contributed by atoms with Gasteiger partial charge in [-0.25, -0.2) is 4.79 Å². The molecule has 146 valence electrons. The molecule has 1 N–H and O–H groups in total. The van der Waals surface area contributed by atoms with Crippen LogP contribution < -0.4 is 14.8 Å². The number of carbonyl (C=O) groups is 3. The first-order chi connectivity index (χ1) is 13.2. The van der Waals surface area contributed by atoms with Gasteiger partial charge in [0.1, 0.15) is 5.54 Å². The largest absolute Gasteiger partial charge is 0.454 e. The number of urea groups is 1. The SMILES string of the molecule is Cc1cc(C(=O)CN2C(=O)N[C@@](C)(c3ccc4c(c3)OCO4)C2=O)c(C)n1C. The molecule has 1 aromatic heterocycles. The van der Waals surface area contributed by atoms with Gasteiger partial charge >= 0.3 is 6.03 Å². The monoisotopic (exact) mass is 383 g/mol. The second-order valence-corrected chi connectivity index (χ2v) is 7.28. The van der Waals surface area contributed by atoms with E-state index in [1.807, 2.05) is 25.5 Å². The Morgan fingerprint density at radius 1 is 1.18 bits per heavy atom. The third-order valence-electron chi connectivity index (χ3n) is 5.60.